The molecule has 2 aromatic rings. The monoisotopic (exact) mass is 875 g/mol. The average Bonchev–Trinajstić information content (AvgIpc) is 3.67. The van der Waals surface area contributed by atoms with Gasteiger partial charge in [0.2, 0.25) is 5.69 Å². The van der Waals surface area contributed by atoms with Crippen LogP contribution in [-0.4, -0.2) is 90.3 Å². The van der Waals surface area contributed by atoms with Crippen LogP contribution < -0.4 is 39.2 Å². The van der Waals surface area contributed by atoms with Crippen molar-refractivity contribution in [3.8, 4) is 5.75 Å². The Bertz CT molecular complexity index is 2250. The number of fused-ring (bicyclic) bond motifs is 2. The molecule has 0 saturated carbocycles. The van der Waals surface area contributed by atoms with Crippen LogP contribution in [0.5, 0.6) is 5.75 Å². The molecule has 0 N–H and O–H groups in total. The standard InChI is InChI=1S/C43H55N3O11S2.Na/c1-42(2)33-17-10-11-18-35(33)44(26-12-15-29-58(50,51)52)37(42)19-7-5-8-20-38-43(3,4)34-31-32(22-23-36(34)45(38)27-13-16-30-59(53,54)55)56-28-14-6-9-21-41(49)57-46-39(47)24-25-40(46)48;/h5,7-8,10-11,17-20,22-23,31H,6,9,12-16,21,24-30H2,1-4H3,(H-,50,51,52,53,54,55);/q;+1/p-1. The summed E-state index contributed by atoms with van der Waals surface area (Å²) in [6.07, 6.45) is 13.5. The van der Waals surface area contributed by atoms with Gasteiger partial charge < -0.3 is 23.6 Å². The van der Waals surface area contributed by atoms with Gasteiger partial charge in [-0.1, -0.05) is 50.3 Å². The summed E-state index contributed by atoms with van der Waals surface area (Å²) in [5.74, 6) is -1.78. The number of ether oxygens (including phenoxy) is 1. The number of allylic oxidation sites excluding steroid dienone is 6. The molecule has 3 aliphatic heterocycles. The summed E-state index contributed by atoms with van der Waals surface area (Å²) in [4.78, 5) is 42.5. The Kier molecular flexibility index (Phi) is 17.1. The normalized spacial score (nSPS) is 17.9. The van der Waals surface area contributed by atoms with Gasteiger partial charge in [-0.05, 0) is 82.2 Å². The van der Waals surface area contributed by atoms with Crippen LogP contribution in [0.25, 0.3) is 0 Å². The molecule has 0 bridgehead atoms. The summed E-state index contributed by atoms with van der Waals surface area (Å²) in [7, 11) is -8.61. The van der Waals surface area contributed by atoms with E-state index in [1.54, 1.807) is 0 Å². The molecule has 0 atom stereocenters. The minimum atomic E-state index is -4.33. The number of para-hydroxylation sites is 1. The summed E-state index contributed by atoms with van der Waals surface area (Å²) >= 11 is 0. The van der Waals surface area contributed by atoms with Gasteiger partial charge in [-0.15, -0.1) is 5.06 Å². The van der Waals surface area contributed by atoms with Crippen molar-refractivity contribution in [1.29, 1.82) is 0 Å². The second-order valence-corrected chi connectivity index (χ2v) is 19.1. The van der Waals surface area contributed by atoms with Crippen LogP contribution in [0.2, 0.25) is 0 Å². The van der Waals surface area contributed by atoms with Gasteiger partial charge in [-0.2, -0.15) is 4.58 Å². The van der Waals surface area contributed by atoms with Crippen molar-refractivity contribution in [2.45, 2.75) is 103 Å². The van der Waals surface area contributed by atoms with E-state index >= 15 is 0 Å². The number of unbranched alkanes of at least 4 members (excludes halogenated alkanes) is 4. The van der Waals surface area contributed by atoms with Crippen molar-refractivity contribution in [2.24, 2.45) is 0 Å². The van der Waals surface area contributed by atoms with Crippen molar-refractivity contribution >= 4 is 55.1 Å². The number of carbonyl (C=O) groups is 3. The van der Waals surface area contributed by atoms with E-state index in [0.29, 0.717) is 62.6 Å². The fraction of sp³-hybridized carbons (Fsp3) is 0.488. The van der Waals surface area contributed by atoms with Crippen molar-refractivity contribution in [1.82, 2.24) is 5.06 Å². The number of benzene rings is 2. The number of amides is 2. The summed E-state index contributed by atoms with van der Waals surface area (Å²) in [5.41, 5.74) is 5.44. The maximum absolute atomic E-state index is 12.1. The van der Waals surface area contributed by atoms with Gasteiger partial charge in [0.25, 0.3) is 11.8 Å². The van der Waals surface area contributed by atoms with Crippen molar-refractivity contribution in [3.63, 3.8) is 0 Å². The molecule has 0 aromatic heterocycles. The predicted molar refractivity (Wildman–Crippen MR) is 221 cm³/mol. The van der Waals surface area contributed by atoms with Gasteiger partial charge >= 0.3 is 35.5 Å². The zero-order valence-corrected chi connectivity index (χ0v) is 38.8. The minimum Gasteiger partial charge on any atom is -0.748 e. The molecule has 3 heterocycles. The second kappa shape index (κ2) is 21.0. The molecule has 2 amide bonds. The number of nitrogens with zero attached hydrogens (tertiary/aromatic N) is 3. The third kappa shape index (κ3) is 12.7. The molecule has 1 saturated heterocycles. The molecule has 320 valence electrons. The van der Waals surface area contributed by atoms with E-state index in [0.717, 1.165) is 33.9 Å². The minimum absolute atomic E-state index is 0. The second-order valence-electron chi connectivity index (χ2n) is 16.1. The predicted octanol–water partition coefficient (Wildman–Crippen LogP) is 3.06. The van der Waals surface area contributed by atoms with Crippen LogP contribution in [0.1, 0.15) is 103 Å². The first-order chi connectivity index (χ1) is 27.8. The number of hydrogen-bond donors (Lipinski definition) is 0. The van der Waals surface area contributed by atoms with E-state index < -0.39 is 54.9 Å². The van der Waals surface area contributed by atoms with E-state index in [1.165, 1.54) is 0 Å². The number of hydrogen-bond acceptors (Lipinski definition) is 12. The summed E-state index contributed by atoms with van der Waals surface area (Å²) in [5, 5.41) is 0.556. The van der Waals surface area contributed by atoms with E-state index in [1.807, 2.05) is 60.7 Å². The number of hydroxylamine groups is 2. The Hall–Kier alpha value is -3.64. The molecule has 0 spiro atoms. The molecule has 14 nitrogen and oxygen atoms in total. The average molecular weight is 876 g/mol. The van der Waals surface area contributed by atoms with Crippen molar-refractivity contribution in [2.75, 3.05) is 36.1 Å². The van der Waals surface area contributed by atoms with Crippen LogP contribution in [-0.2, 0) is 50.3 Å². The van der Waals surface area contributed by atoms with Crippen LogP contribution in [0.4, 0.5) is 11.4 Å². The molecular formula is C43H54N3NaO11S2. The topological polar surface area (TPSA) is 194 Å². The first-order valence-corrected chi connectivity index (χ1v) is 23.2. The van der Waals surface area contributed by atoms with E-state index in [2.05, 4.69) is 49.3 Å². The fourth-order valence-corrected chi connectivity index (χ4v) is 8.98. The molecule has 0 aliphatic carbocycles. The van der Waals surface area contributed by atoms with Gasteiger partial charge in [0.05, 0.1) is 32.3 Å². The van der Waals surface area contributed by atoms with Gasteiger partial charge in [0, 0.05) is 78.2 Å². The molecule has 3 aliphatic rings. The Labute approximate surface area is 376 Å². The molecule has 2 aromatic carbocycles. The molecule has 17 heteroatoms. The molecule has 0 radical (unpaired) electrons. The molecule has 60 heavy (non-hydrogen) atoms. The van der Waals surface area contributed by atoms with Crippen LogP contribution in [0.15, 0.2) is 78.5 Å². The first kappa shape index (κ1) is 49.0. The summed E-state index contributed by atoms with van der Waals surface area (Å²) in [6, 6.07) is 14.0. The fourth-order valence-electron chi connectivity index (χ4n) is 7.87. The number of carbonyl (C=O) groups excluding carboxylic acids is 3. The van der Waals surface area contributed by atoms with Gasteiger partial charge in [-0.3, -0.25) is 9.59 Å². The summed E-state index contributed by atoms with van der Waals surface area (Å²) < 4.78 is 75.9. The van der Waals surface area contributed by atoms with Crippen LogP contribution >= 0.6 is 0 Å². The SMILES string of the molecule is CC1(C)C(/C=C/C=C/C=C2/N(CCCCS(=O)(=O)[O-])c3ccc(OCCCCCC(=O)ON4C(=O)CCC4=O)cc3C2(C)C)=[N+](CCCCS(=O)(=O)[O-])c2ccccc21.[Na+]. The Balaban J connectivity index is 0.00000794. The smallest absolute Gasteiger partial charge is 0.748 e. The van der Waals surface area contributed by atoms with Gasteiger partial charge in [-0.25, -0.2) is 21.6 Å². The Morgan fingerprint density at radius 1 is 0.800 bits per heavy atom. The first-order valence-electron chi connectivity index (χ1n) is 20.1. The maximum Gasteiger partial charge on any atom is 1.00 e. The molecular weight excluding hydrogens is 822 g/mol. The van der Waals surface area contributed by atoms with Crippen LogP contribution in [0.3, 0.4) is 0 Å². The molecule has 5 rings (SSSR count). The van der Waals surface area contributed by atoms with E-state index in [4.69, 9.17) is 9.57 Å². The molecule has 1 fully saturated rings. The number of anilines is 1. The summed E-state index contributed by atoms with van der Waals surface area (Å²) in [6.45, 7) is 9.99. The zero-order chi connectivity index (χ0) is 43.0. The Morgan fingerprint density at radius 3 is 2.15 bits per heavy atom. The molecule has 0 unspecified atom stereocenters. The number of rotatable bonds is 21. The third-order valence-electron chi connectivity index (χ3n) is 10.9. The van der Waals surface area contributed by atoms with Gasteiger partial charge in [0.1, 0.15) is 12.3 Å². The van der Waals surface area contributed by atoms with E-state index in [-0.39, 0.29) is 67.1 Å². The van der Waals surface area contributed by atoms with Crippen LogP contribution in [0, 0.1) is 0 Å². The third-order valence-corrected chi connectivity index (χ3v) is 12.5. The van der Waals surface area contributed by atoms with Crippen molar-refractivity contribution in [3.05, 3.63) is 89.7 Å². The number of imide groups is 1. The van der Waals surface area contributed by atoms with E-state index in [9.17, 15) is 40.3 Å². The maximum atomic E-state index is 12.1. The zero-order valence-electron chi connectivity index (χ0n) is 35.2. The van der Waals surface area contributed by atoms with Gasteiger partial charge in [0.15, 0.2) is 5.71 Å². The largest absolute Gasteiger partial charge is 1.00 e. The van der Waals surface area contributed by atoms with Crippen molar-refractivity contribution < 1.29 is 84.0 Å². The Morgan fingerprint density at radius 2 is 1.47 bits per heavy atom. The quantitative estimate of drug-likeness (QED) is 0.0445.